The van der Waals surface area contributed by atoms with Crippen LogP contribution in [0.5, 0.6) is 0 Å². The number of para-hydroxylation sites is 2. The molecule has 0 amide bonds. The summed E-state index contributed by atoms with van der Waals surface area (Å²) in [6.07, 6.45) is 9.31. The smallest absolute Gasteiger partial charge is 0.0544 e. The molecule has 2 unspecified atom stereocenters. The largest absolute Gasteiger partial charge is 0.310 e. The fourth-order valence-electron chi connectivity index (χ4n) is 13.7. The zero-order chi connectivity index (χ0) is 44.7. The molecule has 0 N–H and O–H groups in total. The van der Waals surface area contributed by atoms with Gasteiger partial charge in [0, 0.05) is 44.6 Å². The van der Waals surface area contributed by atoms with Gasteiger partial charge >= 0.3 is 0 Å². The van der Waals surface area contributed by atoms with E-state index >= 15 is 0 Å². The Bertz CT molecular complexity index is 3220. The Morgan fingerprint density at radius 3 is 1.49 bits per heavy atom. The summed E-state index contributed by atoms with van der Waals surface area (Å²) in [5.74, 6) is 0.866. The quantitative estimate of drug-likeness (QED) is 0.174. The highest BCUT2D eigenvalue weighted by Gasteiger charge is 2.52. The summed E-state index contributed by atoms with van der Waals surface area (Å²) in [5.41, 5.74) is 26.5. The second-order valence-electron chi connectivity index (χ2n) is 22.6. The first kappa shape index (κ1) is 39.0. The monoisotopic (exact) mass is 842 g/mol. The lowest BCUT2D eigenvalue weighted by molar-refractivity contribution is 0.394. The first-order valence-electron chi connectivity index (χ1n) is 23.9. The Morgan fingerprint density at radius 1 is 0.385 bits per heavy atom. The van der Waals surface area contributed by atoms with Crippen LogP contribution in [0.1, 0.15) is 131 Å². The van der Waals surface area contributed by atoms with E-state index in [9.17, 15) is 0 Å². The van der Waals surface area contributed by atoms with Crippen LogP contribution in [-0.4, -0.2) is 0 Å². The van der Waals surface area contributed by atoms with E-state index in [0.717, 1.165) is 5.69 Å². The van der Waals surface area contributed by atoms with E-state index in [0.29, 0.717) is 11.8 Å². The SMILES string of the molecule is CC1(C)c2ccccc2-c2ccc(N(c3ccc(-c4cc5c6c(c4)C(C)(C)c4cccc7c4N6c4c(cccc4C5(C)C)C7(C)C)cc3)c3ccc4c(c3)C(C)(C)C3C=CC=CC43)cc21. The lowest BCUT2D eigenvalue weighted by atomic mass is 9.60. The van der Waals surface area contributed by atoms with E-state index in [1.165, 1.54) is 106 Å². The van der Waals surface area contributed by atoms with Crippen molar-refractivity contribution >= 4 is 34.1 Å². The van der Waals surface area contributed by atoms with Gasteiger partial charge in [0.05, 0.1) is 17.1 Å². The molecule has 7 aromatic rings. The highest BCUT2D eigenvalue weighted by atomic mass is 15.2. The molecule has 0 radical (unpaired) electrons. The van der Waals surface area contributed by atoms with E-state index in [2.05, 4.69) is 237 Å². The van der Waals surface area contributed by atoms with Crippen LogP contribution in [0.15, 0.2) is 158 Å². The lowest BCUT2D eigenvalue weighted by Crippen LogP contribution is -2.43. The molecule has 13 rings (SSSR count). The van der Waals surface area contributed by atoms with Gasteiger partial charge in [0.1, 0.15) is 0 Å². The van der Waals surface area contributed by atoms with E-state index < -0.39 is 0 Å². The van der Waals surface area contributed by atoms with Crippen molar-refractivity contribution in [1.82, 2.24) is 0 Å². The first-order chi connectivity index (χ1) is 31.0. The topological polar surface area (TPSA) is 6.48 Å². The van der Waals surface area contributed by atoms with E-state index in [-0.39, 0.29) is 27.1 Å². The van der Waals surface area contributed by atoms with Crippen LogP contribution < -0.4 is 9.80 Å². The zero-order valence-electron chi connectivity index (χ0n) is 39.6. The molecular formula is C63H58N2. The second-order valence-corrected chi connectivity index (χ2v) is 22.6. The predicted octanol–water partition coefficient (Wildman–Crippen LogP) is 16.6. The molecule has 3 heterocycles. The van der Waals surface area contributed by atoms with Gasteiger partial charge < -0.3 is 9.80 Å². The third kappa shape index (κ3) is 4.85. The van der Waals surface area contributed by atoms with Crippen molar-refractivity contribution in [3.8, 4) is 22.3 Å². The number of fused-ring (bicyclic) bond motifs is 6. The number of benzene rings is 7. The van der Waals surface area contributed by atoms with Crippen molar-refractivity contribution in [3.63, 3.8) is 0 Å². The molecule has 0 bridgehead atoms. The Hall–Kier alpha value is -6.38. The van der Waals surface area contributed by atoms with Gasteiger partial charge in [0.25, 0.3) is 0 Å². The molecule has 3 aliphatic heterocycles. The summed E-state index contributed by atoms with van der Waals surface area (Å²) in [7, 11) is 0. The van der Waals surface area contributed by atoms with Crippen molar-refractivity contribution in [2.45, 2.75) is 102 Å². The molecule has 0 saturated carbocycles. The molecular weight excluding hydrogens is 785 g/mol. The molecule has 2 atom stereocenters. The third-order valence-corrected chi connectivity index (χ3v) is 17.5. The summed E-state index contributed by atoms with van der Waals surface area (Å²) in [5, 5.41) is 0. The maximum absolute atomic E-state index is 2.67. The molecule has 0 spiro atoms. The number of hydrogen-bond acceptors (Lipinski definition) is 2. The van der Waals surface area contributed by atoms with Crippen molar-refractivity contribution < 1.29 is 0 Å². The van der Waals surface area contributed by atoms with Crippen molar-refractivity contribution in [2.24, 2.45) is 5.92 Å². The minimum atomic E-state index is -0.194. The van der Waals surface area contributed by atoms with E-state index in [1.807, 2.05) is 0 Å². The minimum absolute atomic E-state index is 0.0111. The number of hydrogen-bond donors (Lipinski definition) is 0. The summed E-state index contributed by atoms with van der Waals surface area (Å²) < 4.78 is 0. The summed E-state index contributed by atoms with van der Waals surface area (Å²) in [6.45, 7) is 24.3. The number of anilines is 6. The maximum Gasteiger partial charge on any atom is 0.0544 e. The fraction of sp³-hybridized carbons (Fsp3) is 0.270. The molecule has 2 heteroatoms. The molecule has 320 valence electrons. The zero-order valence-corrected chi connectivity index (χ0v) is 39.6. The van der Waals surface area contributed by atoms with Gasteiger partial charge in [-0.3, -0.25) is 0 Å². The average molecular weight is 843 g/mol. The van der Waals surface area contributed by atoms with Gasteiger partial charge in [0.15, 0.2) is 0 Å². The summed E-state index contributed by atoms with van der Waals surface area (Å²) in [6, 6.07) is 52.1. The minimum Gasteiger partial charge on any atom is -0.310 e. The molecule has 65 heavy (non-hydrogen) atoms. The molecule has 7 aromatic carbocycles. The maximum atomic E-state index is 2.67. The summed E-state index contributed by atoms with van der Waals surface area (Å²) >= 11 is 0. The van der Waals surface area contributed by atoms with Gasteiger partial charge in [-0.2, -0.15) is 0 Å². The Balaban J connectivity index is 0.972. The molecule has 6 aliphatic rings. The van der Waals surface area contributed by atoms with Crippen LogP contribution >= 0.6 is 0 Å². The van der Waals surface area contributed by atoms with Crippen LogP contribution in [0.4, 0.5) is 34.1 Å². The van der Waals surface area contributed by atoms with Crippen LogP contribution in [0.25, 0.3) is 22.3 Å². The van der Waals surface area contributed by atoms with Crippen molar-refractivity contribution in [2.75, 3.05) is 9.80 Å². The van der Waals surface area contributed by atoms with Gasteiger partial charge in [-0.1, -0.05) is 178 Å². The average Bonchev–Trinajstić information content (AvgIpc) is 3.67. The highest BCUT2D eigenvalue weighted by molar-refractivity contribution is 5.99. The van der Waals surface area contributed by atoms with Crippen molar-refractivity contribution in [1.29, 1.82) is 0 Å². The first-order valence-corrected chi connectivity index (χ1v) is 23.9. The molecule has 0 aromatic heterocycles. The second kappa shape index (κ2) is 12.5. The van der Waals surface area contributed by atoms with Crippen LogP contribution in [0, 0.1) is 5.92 Å². The van der Waals surface area contributed by atoms with Crippen molar-refractivity contribution in [3.05, 3.63) is 213 Å². The number of nitrogens with zero attached hydrogens (tertiary/aromatic N) is 2. The third-order valence-electron chi connectivity index (χ3n) is 17.5. The highest BCUT2D eigenvalue weighted by Crippen LogP contribution is 2.66. The molecule has 3 aliphatic carbocycles. The number of rotatable bonds is 4. The molecule has 2 nitrogen and oxygen atoms in total. The Morgan fingerprint density at radius 2 is 0.862 bits per heavy atom. The van der Waals surface area contributed by atoms with Gasteiger partial charge in [-0.05, 0) is 138 Å². The van der Waals surface area contributed by atoms with Crippen LogP contribution in [0.2, 0.25) is 0 Å². The normalized spacial score (nSPS) is 21.2. The standard InChI is InChI=1S/C63H58N2/c1-59(2)46-19-13-11-17-42(46)44-31-29-40(35-52(44)59)64(41-30-32-45-43-18-12-14-20-47(43)60(3,4)53(45)36-41)39-27-25-37(26-28-39)38-33-54-58-55(34-38)63(9,10)51-24-16-22-49-57(51)65(58)56-48(61(49,5)6)21-15-23-50(56)62(54,7)8/h11-36,42,46H,1-10H3. The fourth-order valence-corrected chi connectivity index (χ4v) is 13.7. The number of allylic oxidation sites excluding steroid dienone is 4. The van der Waals surface area contributed by atoms with Crippen LogP contribution in [0.3, 0.4) is 0 Å². The van der Waals surface area contributed by atoms with Gasteiger partial charge in [-0.25, -0.2) is 0 Å². The van der Waals surface area contributed by atoms with E-state index in [1.54, 1.807) is 0 Å². The predicted molar refractivity (Wildman–Crippen MR) is 273 cm³/mol. The van der Waals surface area contributed by atoms with Gasteiger partial charge in [-0.15, -0.1) is 0 Å². The summed E-state index contributed by atoms with van der Waals surface area (Å²) in [4.78, 5) is 5.18. The van der Waals surface area contributed by atoms with E-state index in [4.69, 9.17) is 0 Å². The Kier molecular flexibility index (Phi) is 7.50. The van der Waals surface area contributed by atoms with Gasteiger partial charge in [0.2, 0.25) is 0 Å². The van der Waals surface area contributed by atoms with Crippen LogP contribution in [-0.2, 0) is 27.1 Å². The Labute approximate surface area is 386 Å². The molecule has 0 saturated heterocycles. The lowest BCUT2D eigenvalue weighted by Gasteiger charge is -2.55. The molecule has 0 fully saturated rings.